The van der Waals surface area contributed by atoms with Gasteiger partial charge in [0.25, 0.3) is 0 Å². The van der Waals surface area contributed by atoms with E-state index in [4.69, 9.17) is 0 Å². The van der Waals surface area contributed by atoms with Crippen molar-refractivity contribution in [3.8, 4) is 0 Å². The minimum Gasteiger partial charge on any atom is -0.317 e. The topological polar surface area (TPSA) is 58.2 Å². The molecule has 0 amide bonds. The van der Waals surface area contributed by atoms with E-state index in [-0.39, 0.29) is 11.3 Å². The number of piperidine rings is 1. The smallest absolute Gasteiger partial charge is 0.214 e. The van der Waals surface area contributed by atoms with Gasteiger partial charge in [0.2, 0.25) is 10.0 Å². The quantitative estimate of drug-likeness (QED) is 0.803. The highest BCUT2D eigenvalue weighted by Gasteiger charge is 2.32. The second-order valence-electron chi connectivity index (χ2n) is 4.98. The van der Waals surface area contributed by atoms with Crippen molar-refractivity contribution in [3.05, 3.63) is 0 Å². The van der Waals surface area contributed by atoms with Crippen molar-refractivity contribution in [3.63, 3.8) is 0 Å². The minimum atomic E-state index is -3.10. The van der Waals surface area contributed by atoms with Crippen molar-refractivity contribution in [1.82, 2.24) is 10.0 Å². The summed E-state index contributed by atoms with van der Waals surface area (Å²) in [6.07, 6.45) is 6.72. The number of rotatable bonds is 4. The van der Waals surface area contributed by atoms with Crippen LogP contribution in [0.3, 0.4) is 0 Å². The van der Waals surface area contributed by atoms with E-state index in [1.165, 1.54) is 0 Å². The van der Waals surface area contributed by atoms with Gasteiger partial charge in [-0.15, -0.1) is 0 Å². The van der Waals surface area contributed by atoms with Gasteiger partial charge in [-0.1, -0.05) is 0 Å². The number of thioether (sulfide) groups is 1. The summed E-state index contributed by atoms with van der Waals surface area (Å²) in [5.74, 6) is 0. The zero-order valence-corrected chi connectivity index (χ0v) is 11.9. The molecule has 1 heterocycles. The van der Waals surface area contributed by atoms with Crippen molar-refractivity contribution in [2.24, 2.45) is 0 Å². The second kappa shape index (κ2) is 5.91. The molecule has 0 spiro atoms. The zero-order valence-electron chi connectivity index (χ0n) is 10.3. The van der Waals surface area contributed by atoms with E-state index in [9.17, 15) is 8.42 Å². The minimum absolute atomic E-state index is 0.173. The van der Waals surface area contributed by atoms with Crippen LogP contribution in [-0.2, 0) is 10.0 Å². The summed E-state index contributed by atoms with van der Waals surface area (Å²) in [5.41, 5.74) is 0. The molecule has 1 saturated heterocycles. The Bertz CT molecular complexity index is 339. The van der Waals surface area contributed by atoms with E-state index in [1.54, 1.807) is 0 Å². The van der Waals surface area contributed by atoms with Crippen LogP contribution < -0.4 is 10.0 Å². The molecule has 1 saturated carbocycles. The number of nitrogens with one attached hydrogen (secondary N) is 2. The average molecular weight is 278 g/mol. The summed E-state index contributed by atoms with van der Waals surface area (Å²) in [5, 5.41) is 3.65. The first-order chi connectivity index (χ1) is 8.12. The standard InChI is InChI=1S/C11H22N2O2S2/c1-16-10-3-2-9(8-10)13-17(14,15)11-4-6-12-7-5-11/h9-13H,2-8H2,1H3. The van der Waals surface area contributed by atoms with Crippen LogP contribution in [0.15, 0.2) is 0 Å². The van der Waals surface area contributed by atoms with E-state index in [2.05, 4.69) is 16.3 Å². The van der Waals surface area contributed by atoms with Crippen LogP contribution in [0.25, 0.3) is 0 Å². The summed E-state index contributed by atoms with van der Waals surface area (Å²) in [7, 11) is -3.10. The van der Waals surface area contributed by atoms with Crippen molar-refractivity contribution >= 4 is 21.8 Å². The molecule has 2 unspecified atom stereocenters. The summed E-state index contributed by atoms with van der Waals surface area (Å²) >= 11 is 1.85. The maximum atomic E-state index is 12.2. The van der Waals surface area contributed by atoms with Gasteiger partial charge in [-0.25, -0.2) is 13.1 Å². The van der Waals surface area contributed by atoms with Crippen LogP contribution >= 0.6 is 11.8 Å². The highest BCUT2D eigenvalue weighted by molar-refractivity contribution is 7.99. The molecule has 6 heteroatoms. The molecule has 1 aliphatic carbocycles. The predicted molar refractivity (Wildman–Crippen MR) is 72.9 cm³/mol. The van der Waals surface area contributed by atoms with Gasteiger partial charge in [-0.2, -0.15) is 11.8 Å². The molecule has 0 radical (unpaired) electrons. The molecule has 0 aromatic rings. The first-order valence-corrected chi connectivity index (χ1v) is 9.20. The maximum Gasteiger partial charge on any atom is 0.214 e. The summed E-state index contributed by atoms with van der Waals surface area (Å²) in [4.78, 5) is 0. The molecule has 1 aliphatic heterocycles. The summed E-state index contributed by atoms with van der Waals surface area (Å²) in [6.45, 7) is 1.65. The van der Waals surface area contributed by atoms with Crippen molar-refractivity contribution in [2.75, 3.05) is 19.3 Å². The fraction of sp³-hybridized carbons (Fsp3) is 1.00. The van der Waals surface area contributed by atoms with Gasteiger partial charge in [-0.3, -0.25) is 0 Å². The Morgan fingerprint density at radius 3 is 2.47 bits per heavy atom. The van der Waals surface area contributed by atoms with E-state index in [0.717, 1.165) is 45.2 Å². The molecule has 2 fully saturated rings. The lowest BCUT2D eigenvalue weighted by molar-refractivity contribution is 0.480. The molecule has 2 N–H and O–H groups in total. The molecule has 2 atom stereocenters. The average Bonchev–Trinajstić information content (AvgIpc) is 2.77. The first kappa shape index (κ1) is 13.6. The molecule has 0 aromatic carbocycles. The third-order valence-electron chi connectivity index (χ3n) is 3.77. The Balaban J connectivity index is 1.88. The highest BCUT2D eigenvalue weighted by atomic mass is 32.2. The lowest BCUT2D eigenvalue weighted by atomic mass is 10.2. The van der Waals surface area contributed by atoms with Crippen LogP contribution in [-0.4, -0.2) is 44.3 Å². The van der Waals surface area contributed by atoms with Gasteiger partial charge in [0.1, 0.15) is 0 Å². The largest absolute Gasteiger partial charge is 0.317 e. The molecule has 0 aromatic heterocycles. The Morgan fingerprint density at radius 1 is 1.18 bits per heavy atom. The summed E-state index contributed by atoms with van der Waals surface area (Å²) in [6, 6.07) is 0.173. The van der Waals surface area contributed by atoms with Crippen LogP contribution in [0.2, 0.25) is 0 Å². The predicted octanol–water partition coefficient (Wildman–Crippen LogP) is 0.942. The van der Waals surface area contributed by atoms with Gasteiger partial charge >= 0.3 is 0 Å². The Morgan fingerprint density at radius 2 is 1.88 bits per heavy atom. The Hall–Kier alpha value is 0.220. The van der Waals surface area contributed by atoms with Gasteiger partial charge in [0, 0.05) is 11.3 Å². The molecule has 4 nitrogen and oxygen atoms in total. The van der Waals surface area contributed by atoms with Crippen molar-refractivity contribution in [2.45, 2.75) is 48.6 Å². The molecule has 100 valence electrons. The SMILES string of the molecule is CSC1CCC(NS(=O)(=O)C2CCNCC2)C1. The van der Waals surface area contributed by atoms with E-state index in [1.807, 2.05) is 11.8 Å². The van der Waals surface area contributed by atoms with Crippen LogP contribution in [0, 0.1) is 0 Å². The van der Waals surface area contributed by atoms with Crippen molar-refractivity contribution < 1.29 is 8.42 Å². The van der Waals surface area contributed by atoms with E-state index in [0.29, 0.717) is 5.25 Å². The molecular weight excluding hydrogens is 256 g/mol. The van der Waals surface area contributed by atoms with Gasteiger partial charge in [0.15, 0.2) is 0 Å². The Labute approximate surface area is 108 Å². The van der Waals surface area contributed by atoms with Crippen LogP contribution in [0.5, 0.6) is 0 Å². The molecule has 17 heavy (non-hydrogen) atoms. The normalized spacial score (nSPS) is 31.8. The third-order valence-corrected chi connectivity index (χ3v) is 6.88. The second-order valence-corrected chi connectivity index (χ2v) is 8.11. The zero-order chi connectivity index (χ0) is 12.3. The highest BCUT2D eigenvalue weighted by Crippen LogP contribution is 2.29. The molecule has 2 aliphatic rings. The fourth-order valence-electron chi connectivity index (χ4n) is 2.70. The fourth-order valence-corrected chi connectivity index (χ4v) is 5.22. The van der Waals surface area contributed by atoms with Crippen LogP contribution in [0.1, 0.15) is 32.1 Å². The number of hydrogen-bond donors (Lipinski definition) is 2. The van der Waals surface area contributed by atoms with Crippen molar-refractivity contribution in [1.29, 1.82) is 0 Å². The lowest BCUT2D eigenvalue weighted by Gasteiger charge is -2.24. The lowest BCUT2D eigenvalue weighted by Crippen LogP contribution is -2.44. The Kier molecular flexibility index (Phi) is 4.74. The van der Waals surface area contributed by atoms with E-state index < -0.39 is 10.0 Å². The maximum absolute atomic E-state index is 12.2. The third kappa shape index (κ3) is 3.59. The molecular formula is C11H22N2O2S2. The van der Waals surface area contributed by atoms with Crippen LogP contribution in [0.4, 0.5) is 0 Å². The number of sulfonamides is 1. The first-order valence-electron chi connectivity index (χ1n) is 6.36. The molecule has 0 bridgehead atoms. The van der Waals surface area contributed by atoms with E-state index >= 15 is 0 Å². The van der Waals surface area contributed by atoms with Gasteiger partial charge < -0.3 is 5.32 Å². The van der Waals surface area contributed by atoms with Gasteiger partial charge in [-0.05, 0) is 51.4 Å². The number of hydrogen-bond acceptors (Lipinski definition) is 4. The van der Waals surface area contributed by atoms with Gasteiger partial charge in [0.05, 0.1) is 5.25 Å². The molecule has 2 rings (SSSR count). The summed E-state index contributed by atoms with van der Waals surface area (Å²) < 4.78 is 27.3. The monoisotopic (exact) mass is 278 g/mol.